The van der Waals surface area contributed by atoms with Crippen molar-refractivity contribution in [2.24, 2.45) is 0 Å². The average Bonchev–Trinajstić information content (AvgIpc) is 2.97. The summed E-state index contributed by atoms with van der Waals surface area (Å²) in [5.41, 5.74) is 2.95. The molecule has 0 aromatic carbocycles. The van der Waals surface area contributed by atoms with Crippen LogP contribution in [0.4, 0.5) is 5.82 Å². The van der Waals surface area contributed by atoms with Crippen LogP contribution in [0.5, 0.6) is 5.88 Å². The molecule has 0 unspecified atom stereocenters. The number of ether oxygens (including phenoxy) is 1. The second-order valence-electron chi connectivity index (χ2n) is 5.77. The summed E-state index contributed by atoms with van der Waals surface area (Å²) >= 11 is 0. The Kier molecular flexibility index (Phi) is 5.23. The number of nitrogens with one attached hydrogen (secondary N) is 1. The summed E-state index contributed by atoms with van der Waals surface area (Å²) in [6.45, 7) is 7.23. The number of hydrogen-bond donors (Lipinski definition) is 1. The first-order chi connectivity index (χ1) is 12.2. The zero-order valence-corrected chi connectivity index (χ0v) is 14.7. The number of nitrogens with zero attached hydrogens (tertiary/aromatic N) is 5. The van der Waals surface area contributed by atoms with Crippen LogP contribution in [0.3, 0.4) is 0 Å². The van der Waals surface area contributed by atoms with Gasteiger partial charge in [-0.15, -0.1) is 0 Å². The Labute approximate surface area is 147 Å². The molecule has 0 spiro atoms. The molecule has 1 N–H and O–H groups in total. The van der Waals surface area contributed by atoms with Crippen molar-refractivity contribution in [3.05, 3.63) is 53.7 Å². The van der Waals surface area contributed by atoms with Crippen molar-refractivity contribution in [1.29, 1.82) is 0 Å². The fourth-order valence-electron chi connectivity index (χ4n) is 2.48. The van der Waals surface area contributed by atoms with Crippen LogP contribution in [-0.4, -0.2) is 31.3 Å². The Hall–Kier alpha value is -2.96. The fraction of sp³-hybridized carbons (Fsp3) is 0.333. The third-order valence-electron chi connectivity index (χ3n) is 3.60. The van der Waals surface area contributed by atoms with E-state index in [1.807, 2.05) is 32.0 Å². The lowest BCUT2D eigenvalue weighted by Crippen LogP contribution is -2.09. The van der Waals surface area contributed by atoms with E-state index in [0.717, 1.165) is 23.4 Å². The SMILES string of the molecule is CCCOc1ncccc1CNc1cncc(-n2nc(C)cc2C)n1. The molecule has 3 rings (SSSR count). The molecule has 0 aliphatic rings. The Morgan fingerprint density at radius 2 is 2.12 bits per heavy atom. The smallest absolute Gasteiger partial charge is 0.218 e. The molecule has 0 amide bonds. The molecule has 0 atom stereocenters. The summed E-state index contributed by atoms with van der Waals surface area (Å²) in [7, 11) is 0. The van der Waals surface area contributed by atoms with Gasteiger partial charge in [0.25, 0.3) is 0 Å². The highest BCUT2D eigenvalue weighted by Crippen LogP contribution is 2.17. The number of aromatic nitrogens is 5. The first kappa shape index (κ1) is 16.9. The minimum atomic E-state index is 0.558. The maximum Gasteiger partial charge on any atom is 0.218 e. The molecule has 0 bridgehead atoms. The topological polar surface area (TPSA) is 77.8 Å². The zero-order valence-electron chi connectivity index (χ0n) is 14.7. The maximum atomic E-state index is 5.68. The fourth-order valence-corrected chi connectivity index (χ4v) is 2.48. The van der Waals surface area contributed by atoms with Crippen LogP contribution < -0.4 is 10.1 Å². The molecule has 3 aromatic rings. The van der Waals surface area contributed by atoms with Gasteiger partial charge < -0.3 is 10.1 Å². The molecule has 7 nitrogen and oxygen atoms in total. The summed E-state index contributed by atoms with van der Waals surface area (Å²) in [4.78, 5) is 13.1. The Bertz CT molecular complexity index is 845. The lowest BCUT2D eigenvalue weighted by atomic mass is 10.2. The van der Waals surface area contributed by atoms with Crippen LogP contribution >= 0.6 is 0 Å². The normalized spacial score (nSPS) is 10.7. The molecule has 0 aliphatic heterocycles. The van der Waals surface area contributed by atoms with Crippen molar-refractivity contribution in [3.8, 4) is 11.7 Å². The van der Waals surface area contributed by atoms with Crippen molar-refractivity contribution < 1.29 is 4.74 Å². The van der Waals surface area contributed by atoms with Gasteiger partial charge in [-0.25, -0.2) is 14.6 Å². The van der Waals surface area contributed by atoms with E-state index in [-0.39, 0.29) is 0 Å². The van der Waals surface area contributed by atoms with E-state index >= 15 is 0 Å². The summed E-state index contributed by atoms with van der Waals surface area (Å²) in [6, 6.07) is 5.89. The highest BCUT2D eigenvalue weighted by Gasteiger charge is 2.08. The number of anilines is 1. The lowest BCUT2D eigenvalue weighted by Gasteiger charge is -2.11. The molecular formula is C18H22N6O. The number of aryl methyl sites for hydroxylation is 2. The van der Waals surface area contributed by atoms with Gasteiger partial charge in [0.05, 0.1) is 24.7 Å². The standard InChI is InChI=1S/C18H22N6O/c1-4-8-25-18-15(6-5-7-20-18)10-21-16-11-19-12-17(22-16)24-14(3)9-13(2)23-24/h5-7,9,11-12H,4,8,10H2,1-3H3,(H,21,22). The van der Waals surface area contributed by atoms with E-state index < -0.39 is 0 Å². The van der Waals surface area contributed by atoms with Crippen molar-refractivity contribution in [1.82, 2.24) is 24.7 Å². The monoisotopic (exact) mass is 338 g/mol. The van der Waals surface area contributed by atoms with Crippen LogP contribution in [0.15, 0.2) is 36.8 Å². The maximum absolute atomic E-state index is 5.68. The Morgan fingerprint density at radius 3 is 2.88 bits per heavy atom. The van der Waals surface area contributed by atoms with Crippen molar-refractivity contribution >= 4 is 5.82 Å². The third kappa shape index (κ3) is 4.12. The van der Waals surface area contributed by atoms with Crippen LogP contribution in [0.1, 0.15) is 30.3 Å². The van der Waals surface area contributed by atoms with Gasteiger partial charge in [0.2, 0.25) is 5.88 Å². The lowest BCUT2D eigenvalue weighted by molar-refractivity contribution is 0.302. The van der Waals surface area contributed by atoms with Gasteiger partial charge in [-0.3, -0.25) is 4.98 Å². The van der Waals surface area contributed by atoms with E-state index in [9.17, 15) is 0 Å². The summed E-state index contributed by atoms with van der Waals surface area (Å²) < 4.78 is 7.47. The molecule has 0 saturated carbocycles. The van der Waals surface area contributed by atoms with Gasteiger partial charge in [0.1, 0.15) is 5.82 Å². The van der Waals surface area contributed by atoms with E-state index in [4.69, 9.17) is 4.74 Å². The average molecular weight is 338 g/mol. The summed E-state index contributed by atoms with van der Waals surface area (Å²) in [5, 5.41) is 7.72. The predicted molar refractivity (Wildman–Crippen MR) is 96.0 cm³/mol. The highest BCUT2D eigenvalue weighted by molar-refractivity contribution is 5.39. The van der Waals surface area contributed by atoms with Gasteiger partial charge in [-0.05, 0) is 32.4 Å². The second-order valence-corrected chi connectivity index (χ2v) is 5.77. The van der Waals surface area contributed by atoms with Crippen LogP contribution in [0.25, 0.3) is 5.82 Å². The van der Waals surface area contributed by atoms with E-state index in [2.05, 4.69) is 32.3 Å². The molecule has 3 aromatic heterocycles. The molecule has 0 aliphatic carbocycles. The summed E-state index contributed by atoms with van der Waals surface area (Å²) in [6.07, 6.45) is 6.07. The van der Waals surface area contributed by atoms with E-state index in [1.54, 1.807) is 23.3 Å². The molecule has 25 heavy (non-hydrogen) atoms. The number of hydrogen-bond acceptors (Lipinski definition) is 6. The zero-order chi connectivity index (χ0) is 17.6. The molecular weight excluding hydrogens is 316 g/mol. The van der Waals surface area contributed by atoms with Crippen LogP contribution in [-0.2, 0) is 6.54 Å². The van der Waals surface area contributed by atoms with Crippen molar-refractivity contribution in [2.45, 2.75) is 33.7 Å². The molecule has 130 valence electrons. The van der Waals surface area contributed by atoms with E-state index in [0.29, 0.717) is 30.7 Å². The van der Waals surface area contributed by atoms with Gasteiger partial charge >= 0.3 is 0 Å². The second kappa shape index (κ2) is 7.74. The Morgan fingerprint density at radius 1 is 1.24 bits per heavy atom. The quantitative estimate of drug-likeness (QED) is 0.713. The van der Waals surface area contributed by atoms with Crippen molar-refractivity contribution in [3.63, 3.8) is 0 Å². The van der Waals surface area contributed by atoms with Gasteiger partial charge in [0, 0.05) is 24.0 Å². The number of rotatable bonds is 7. The van der Waals surface area contributed by atoms with Gasteiger partial charge in [-0.1, -0.05) is 13.0 Å². The minimum Gasteiger partial charge on any atom is -0.477 e. The number of pyridine rings is 1. The third-order valence-corrected chi connectivity index (χ3v) is 3.60. The first-order valence-electron chi connectivity index (χ1n) is 8.33. The van der Waals surface area contributed by atoms with Crippen molar-refractivity contribution in [2.75, 3.05) is 11.9 Å². The van der Waals surface area contributed by atoms with Crippen LogP contribution in [0.2, 0.25) is 0 Å². The minimum absolute atomic E-state index is 0.558. The highest BCUT2D eigenvalue weighted by atomic mass is 16.5. The largest absolute Gasteiger partial charge is 0.477 e. The predicted octanol–water partition coefficient (Wildman–Crippen LogP) is 3.08. The first-order valence-corrected chi connectivity index (χ1v) is 8.33. The molecule has 0 saturated heterocycles. The summed E-state index contributed by atoms with van der Waals surface area (Å²) in [5.74, 6) is 2.01. The van der Waals surface area contributed by atoms with Gasteiger partial charge in [-0.2, -0.15) is 5.10 Å². The van der Waals surface area contributed by atoms with E-state index in [1.165, 1.54) is 0 Å². The Balaban J connectivity index is 1.74. The van der Waals surface area contributed by atoms with Crippen LogP contribution in [0, 0.1) is 13.8 Å². The molecule has 7 heteroatoms. The molecule has 3 heterocycles. The van der Waals surface area contributed by atoms with Gasteiger partial charge in [0.15, 0.2) is 5.82 Å². The molecule has 0 fully saturated rings. The molecule has 0 radical (unpaired) electrons.